The number of sulfonamides is 1. The Labute approximate surface area is 155 Å². The molecular weight excluding hydrogens is 356 g/mol. The Balaban J connectivity index is 2.32. The zero-order valence-corrected chi connectivity index (χ0v) is 16.1. The average Bonchev–Trinajstić information content (AvgIpc) is 2.83. The van der Waals surface area contributed by atoms with Crippen molar-refractivity contribution in [3.05, 3.63) is 23.8 Å². The van der Waals surface area contributed by atoms with Crippen LogP contribution in [0.15, 0.2) is 23.1 Å². The van der Waals surface area contributed by atoms with E-state index in [-0.39, 0.29) is 22.5 Å². The Hall–Kier alpha value is -1.64. The minimum absolute atomic E-state index is 0.0374. The van der Waals surface area contributed by atoms with Gasteiger partial charge in [0.2, 0.25) is 10.0 Å². The summed E-state index contributed by atoms with van der Waals surface area (Å²) in [6.07, 6.45) is 5.85. The number of hydrogen-bond acceptors (Lipinski definition) is 5. The van der Waals surface area contributed by atoms with Gasteiger partial charge >= 0.3 is 5.97 Å². The molecule has 0 amide bonds. The Morgan fingerprint density at radius 1 is 1.27 bits per heavy atom. The molecule has 1 saturated carbocycles. The average molecular weight is 384 g/mol. The smallest absolute Gasteiger partial charge is 0.335 e. The number of hydrogen-bond donors (Lipinski definition) is 3. The third-order valence-electron chi connectivity index (χ3n) is 4.51. The van der Waals surface area contributed by atoms with Crippen LogP contribution < -0.4 is 10.0 Å². The van der Waals surface area contributed by atoms with Crippen LogP contribution in [0.1, 0.15) is 55.8 Å². The molecule has 7 nitrogen and oxygen atoms in total. The highest BCUT2D eigenvalue weighted by Crippen LogP contribution is 2.26. The summed E-state index contributed by atoms with van der Waals surface area (Å²) >= 11 is 0. The van der Waals surface area contributed by atoms with Crippen molar-refractivity contribution >= 4 is 21.7 Å². The molecule has 1 aromatic carbocycles. The van der Waals surface area contributed by atoms with Crippen molar-refractivity contribution in [3.8, 4) is 0 Å². The van der Waals surface area contributed by atoms with Crippen molar-refractivity contribution in [2.45, 2.75) is 62.4 Å². The van der Waals surface area contributed by atoms with E-state index in [0.717, 1.165) is 38.5 Å². The second-order valence-corrected chi connectivity index (χ2v) is 8.51. The molecule has 1 unspecified atom stereocenters. The maximum atomic E-state index is 13.0. The first kappa shape index (κ1) is 20.7. The van der Waals surface area contributed by atoms with E-state index in [1.807, 2.05) is 6.92 Å². The van der Waals surface area contributed by atoms with Gasteiger partial charge in [0.05, 0.1) is 17.9 Å². The molecule has 1 aliphatic rings. The Morgan fingerprint density at radius 2 is 1.92 bits per heavy atom. The summed E-state index contributed by atoms with van der Waals surface area (Å²) in [7, 11) is -2.27. The molecule has 0 radical (unpaired) electrons. The topological polar surface area (TPSA) is 105 Å². The zero-order valence-electron chi connectivity index (χ0n) is 15.3. The second-order valence-electron chi connectivity index (χ2n) is 6.83. The van der Waals surface area contributed by atoms with Gasteiger partial charge in [-0.3, -0.25) is 0 Å². The van der Waals surface area contributed by atoms with Crippen molar-refractivity contribution in [1.82, 2.24) is 4.72 Å². The van der Waals surface area contributed by atoms with Crippen LogP contribution in [0, 0.1) is 0 Å². The van der Waals surface area contributed by atoms with Gasteiger partial charge in [0.25, 0.3) is 0 Å². The van der Waals surface area contributed by atoms with Gasteiger partial charge in [-0.2, -0.15) is 0 Å². The lowest BCUT2D eigenvalue weighted by Crippen LogP contribution is -2.35. The van der Waals surface area contributed by atoms with Crippen LogP contribution >= 0.6 is 0 Å². The highest BCUT2D eigenvalue weighted by atomic mass is 32.2. The maximum absolute atomic E-state index is 13.0. The van der Waals surface area contributed by atoms with E-state index in [1.165, 1.54) is 18.2 Å². The number of carbonyl (C=O) groups is 1. The van der Waals surface area contributed by atoms with Crippen molar-refractivity contribution in [3.63, 3.8) is 0 Å². The zero-order chi connectivity index (χ0) is 19.2. The van der Waals surface area contributed by atoms with Crippen LogP contribution in [0.3, 0.4) is 0 Å². The van der Waals surface area contributed by atoms with Gasteiger partial charge in [0.15, 0.2) is 0 Å². The number of benzene rings is 1. The Bertz CT molecular complexity index is 712. The van der Waals surface area contributed by atoms with E-state index >= 15 is 0 Å². The molecule has 0 bridgehead atoms. The van der Waals surface area contributed by atoms with Crippen LogP contribution in [0.25, 0.3) is 0 Å². The predicted molar refractivity (Wildman–Crippen MR) is 100 cm³/mol. The lowest BCUT2D eigenvalue weighted by Gasteiger charge is -2.21. The first-order valence-corrected chi connectivity index (χ1v) is 10.5. The van der Waals surface area contributed by atoms with E-state index in [0.29, 0.717) is 12.3 Å². The highest BCUT2D eigenvalue weighted by molar-refractivity contribution is 7.89. The molecule has 2 rings (SSSR count). The molecule has 26 heavy (non-hydrogen) atoms. The second kappa shape index (κ2) is 9.34. The van der Waals surface area contributed by atoms with Gasteiger partial charge in [0.1, 0.15) is 4.90 Å². The van der Waals surface area contributed by atoms with Gasteiger partial charge in [-0.05, 0) is 38.0 Å². The molecule has 146 valence electrons. The van der Waals surface area contributed by atoms with Crippen LogP contribution in [-0.2, 0) is 14.8 Å². The predicted octanol–water partition coefficient (Wildman–Crippen LogP) is 2.83. The van der Waals surface area contributed by atoms with E-state index < -0.39 is 16.0 Å². The molecule has 1 atom stereocenters. The van der Waals surface area contributed by atoms with Gasteiger partial charge < -0.3 is 15.2 Å². The Kier molecular flexibility index (Phi) is 7.43. The number of aromatic carboxylic acids is 1. The summed E-state index contributed by atoms with van der Waals surface area (Å²) < 4.78 is 33.8. The minimum Gasteiger partial charge on any atom is -0.478 e. The first-order valence-electron chi connectivity index (χ1n) is 8.98. The molecule has 1 aromatic rings. The third kappa shape index (κ3) is 5.69. The van der Waals surface area contributed by atoms with Crippen LogP contribution in [-0.4, -0.2) is 45.3 Å². The highest BCUT2D eigenvalue weighted by Gasteiger charge is 2.25. The van der Waals surface area contributed by atoms with E-state index in [9.17, 15) is 18.3 Å². The molecule has 0 heterocycles. The molecule has 0 aliphatic heterocycles. The number of anilines is 1. The van der Waals surface area contributed by atoms with Crippen molar-refractivity contribution in [2.75, 3.05) is 19.0 Å². The number of carboxylic acids is 1. The molecule has 1 fully saturated rings. The van der Waals surface area contributed by atoms with Gasteiger partial charge in [0, 0.05) is 19.2 Å². The lowest BCUT2D eigenvalue weighted by atomic mass is 10.1. The standard InChI is InChI=1S/C18H28N2O5S/c1-13(12-25-2)19-16-10-9-14(18(21)22)11-17(16)26(23,24)20-15-7-5-3-4-6-8-15/h9-11,13,15,19-20H,3-8,12H2,1-2H3,(H,21,22). The van der Waals surface area contributed by atoms with E-state index in [4.69, 9.17) is 4.74 Å². The van der Waals surface area contributed by atoms with Gasteiger partial charge in [-0.1, -0.05) is 25.7 Å². The number of carboxylic acid groups (broad SMARTS) is 1. The molecule has 0 saturated heterocycles. The number of nitrogens with one attached hydrogen (secondary N) is 2. The summed E-state index contributed by atoms with van der Waals surface area (Å²) in [6, 6.07) is 3.87. The molecular formula is C18H28N2O5S. The number of ether oxygens (including phenoxy) is 1. The van der Waals surface area contributed by atoms with Crippen LogP contribution in [0.4, 0.5) is 5.69 Å². The summed E-state index contributed by atoms with van der Waals surface area (Å²) in [5.74, 6) is -1.16. The molecule has 0 spiro atoms. The maximum Gasteiger partial charge on any atom is 0.335 e. The monoisotopic (exact) mass is 384 g/mol. The molecule has 3 N–H and O–H groups in total. The quantitative estimate of drug-likeness (QED) is 0.595. The van der Waals surface area contributed by atoms with E-state index in [2.05, 4.69) is 10.0 Å². The Morgan fingerprint density at radius 3 is 2.50 bits per heavy atom. The van der Waals surface area contributed by atoms with Crippen molar-refractivity contribution < 1.29 is 23.1 Å². The summed E-state index contributed by atoms with van der Waals surface area (Å²) in [4.78, 5) is 11.3. The van der Waals surface area contributed by atoms with Crippen molar-refractivity contribution in [1.29, 1.82) is 0 Å². The first-order chi connectivity index (χ1) is 12.3. The van der Waals surface area contributed by atoms with E-state index in [1.54, 1.807) is 7.11 Å². The van der Waals surface area contributed by atoms with Crippen LogP contribution in [0.5, 0.6) is 0 Å². The molecule has 8 heteroatoms. The molecule has 1 aliphatic carbocycles. The summed E-state index contributed by atoms with van der Waals surface area (Å²) in [6.45, 7) is 2.26. The largest absolute Gasteiger partial charge is 0.478 e. The fraction of sp³-hybridized carbons (Fsp3) is 0.611. The fourth-order valence-corrected chi connectivity index (χ4v) is 4.73. The van der Waals surface area contributed by atoms with Crippen molar-refractivity contribution in [2.24, 2.45) is 0 Å². The summed E-state index contributed by atoms with van der Waals surface area (Å²) in [5.41, 5.74) is 0.317. The van der Waals surface area contributed by atoms with Gasteiger partial charge in [-0.15, -0.1) is 0 Å². The number of rotatable bonds is 8. The SMILES string of the molecule is COCC(C)Nc1ccc(C(=O)O)cc1S(=O)(=O)NC1CCCCCC1. The summed E-state index contributed by atoms with van der Waals surface area (Å²) in [5, 5.41) is 12.3. The number of methoxy groups -OCH3 is 1. The lowest BCUT2D eigenvalue weighted by molar-refractivity contribution is 0.0696. The third-order valence-corrected chi connectivity index (χ3v) is 6.07. The fourth-order valence-electron chi connectivity index (χ4n) is 3.23. The van der Waals surface area contributed by atoms with Crippen LogP contribution in [0.2, 0.25) is 0 Å². The minimum atomic E-state index is -3.84. The normalized spacial score (nSPS) is 17.5. The molecule has 0 aromatic heterocycles. The van der Waals surface area contributed by atoms with Gasteiger partial charge in [-0.25, -0.2) is 17.9 Å².